The lowest BCUT2D eigenvalue weighted by molar-refractivity contribution is 0.0689. The van der Waals surface area contributed by atoms with Crippen molar-refractivity contribution in [2.75, 3.05) is 11.9 Å². The third-order valence-corrected chi connectivity index (χ3v) is 2.37. The molecule has 0 atom stereocenters. The highest BCUT2D eigenvalue weighted by molar-refractivity contribution is 5.85. The smallest absolute Gasteiger partial charge is 0.356 e. The lowest BCUT2D eigenvalue weighted by Gasteiger charge is -2.02. The third kappa shape index (κ3) is 3.49. The molecule has 8 heteroatoms. The van der Waals surface area contributed by atoms with Crippen molar-refractivity contribution in [1.82, 2.24) is 20.0 Å². The first-order chi connectivity index (χ1) is 9.19. The quantitative estimate of drug-likeness (QED) is 0.671. The number of carboxylic acids is 1. The van der Waals surface area contributed by atoms with Crippen LogP contribution in [0.2, 0.25) is 0 Å². The van der Waals surface area contributed by atoms with E-state index in [-0.39, 0.29) is 12.3 Å². The summed E-state index contributed by atoms with van der Waals surface area (Å²) in [5.74, 6) is -0.621. The van der Waals surface area contributed by atoms with Gasteiger partial charge in [-0.3, -0.25) is 4.68 Å². The maximum atomic E-state index is 10.6. The number of rotatable bonds is 6. The molecule has 0 aliphatic rings. The van der Waals surface area contributed by atoms with Gasteiger partial charge in [-0.05, 0) is 12.1 Å². The minimum absolute atomic E-state index is 0.0384. The summed E-state index contributed by atoms with van der Waals surface area (Å²) in [5.41, 5.74) is 0.832. The number of hydrogen-bond donors (Lipinski definition) is 3. The minimum Gasteiger partial charge on any atom is -0.476 e. The first-order valence-electron chi connectivity index (χ1n) is 5.62. The summed E-state index contributed by atoms with van der Waals surface area (Å²) in [7, 11) is 0. The van der Waals surface area contributed by atoms with Gasteiger partial charge in [-0.2, -0.15) is 5.10 Å². The van der Waals surface area contributed by atoms with Gasteiger partial charge in [-0.15, -0.1) is 10.2 Å². The number of anilines is 1. The Bertz CT molecular complexity index is 552. The monoisotopic (exact) mass is 263 g/mol. The highest BCUT2D eigenvalue weighted by Crippen LogP contribution is 2.05. The largest absolute Gasteiger partial charge is 0.476 e. The standard InChI is InChI=1S/C11H13N5O3/c17-4-3-16-7-8(6-13-16)5-12-10-2-1-9(11(18)19)14-15-10/h1-2,6-7,17H,3-5H2,(H,12,15)(H,18,19). The van der Waals surface area contributed by atoms with Crippen LogP contribution in [0.4, 0.5) is 5.82 Å². The molecule has 0 saturated heterocycles. The Labute approximate surface area is 108 Å². The summed E-state index contributed by atoms with van der Waals surface area (Å²) in [6.45, 7) is 0.982. The summed E-state index contributed by atoms with van der Waals surface area (Å²) in [6.07, 6.45) is 3.49. The number of nitrogens with zero attached hydrogens (tertiary/aromatic N) is 4. The molecule has 0 saturated carbocycles. The van der Waals surface area contributed by atoms with Gasteiger partial charge in [0.25, 0.3) is 0 Å². The van der Waals surface area contributed by atoms with Gasteiger partial charge >= 0.3 is 5.97 Å². The van der Waals surface area contributed by atoms with Gasteiger partial charge in [-0.1, -0.05) is 0 Å². The number of carbonyl (C=O) groups is 1. The zero-order chi connectivity index (χ0) is 13.7. The molecular weight excluding hydrogens is 250 g/mol. The first-order valence-corrected chi connectivity index (χ1v) is 5.62. The number of aliphatic hydroxyl groups excluding tert-OH is 1. The fraction of sp³-hybridized carbons (Fsp3) is 0.273. The highest BCUT2D eigenvalue weighted by Gasteiger charge is 2.05. The van der Waals surface area contributed by atoms with Gasteiger partial charge in [-0.25, -0.2) is 4.79 Å². The fourth-order valence-corrected chi connectivity index (χ4v) is 1.46. The van der Waals surface area contributed by atoms with Crippen molar-refractivity contribution in [3.05, 3.63) is 35.8 Å². The second-order valence-corrected chi connectivity index (χ2v) is 3.80. The Morgan fingerprint density at radius 1 is 1.37 bits per heavy atom. The van der Waals surface area contributed by atoms with Crippen LogP contribution in [0.15, 0.2) is 24.5 Å². The molecule has 19 heavy (non-hydrogen) atoms. The van der Waals surface area contributed by atoms with E-state index < -0.39 is 5.97 Å². The van der Waals surface area contributed by atoms with Crippen molar-refractivity contribution in [2.45, 2.75) is 13.1 Å². The summed E-state index contributed by atoms with van der Waals surface area (Å²) < 4.78 is 1.64. The maximum Gasteiger partial charge on any atom is 0.356 e. The van der Waals surface area contributed by atoms with Crippen LogP contribution in [-0.2, 0) is 13.1 Å². The molecule has 0 amide bonds. The molecular formula is C11H13N5O3. The van der Waals surface area contributed by atoms with E-state index in [1.54, 1.807) is 16.9 Å². The van der Waals surface area contributed by atoms with Gasteiger partial charge in [0.05, 0.1) is 19.3 Å². The molecule has 0 fully saturated rings. The van der Waals surface area contributed by atoms with Gasteiger partial charge in [0, 0.05) is 18.3 Å². The van der Waals surface area contributed by atoms with Crippen molar-refractivity contribution < 1.29 is 15.0 Å². The van der Waals surface area contributed by atoms with Crippen molar-refractivity contribution in [2.24, 2.45) is 0 Å². The molecule has 0 aliphatic carbocycles. The predicted octanol–water partition coefficient (Wildman–Crippen LogP) is -0.0243. The normalized spacial score (nSPS) is 10.4. The Balaban J connectivity index is 1.92. The van der Waals surface area contributed by atoms with Crippen molar-refractivity contribution in [1.29, 1.82) is 0 Å². The van der Waals surface area contributed by atoms with Crippen molar-refractivity contribution in [3.63, 3.8) is 0 Å². The number of aliphatic hydroxyl groups is 1. The third-order valence-electron chi connectivity index (χ3n) is 2.37. The zero-order valence-corrected chi connectivity index (χ0v) is 10.0. The molecule has 0 spiro atoms. The molecule has 100 valence electrons. The van der Waals surface area contributed by atoms with Crippen LogP contribution >= 0.6 is 0 Å². The van der Waals surface area contributed by atoms with Gasteiger partial charge < -0.3 is 15.5 Å². The predicted molar refractivity (Wildman–Crippen MR) is 65.6 cm³/mol. The zero-order valence-electron chi connectivity index (χ0n) is 10.0. The Kier molecular flexibility index (Phi) is 4.04. The number of aromatic nitrogens is 4. The van der Waals surface area contributed by atoms with E-state index in [0.29, 0.717) is 18.9 Å². The van der Waals surface area contributed by atoms with E-state index in [1.807, 2.05) is 6.20 Å². The van der Waals surface area contributed by atoms with E-state index in [2.05, 4.69) is 20.6 Å². The average molecular weight is 263 g/mol. The molecule has 0 bridgehead atoms. The molecule has 8 nitrogen and oxygen atoms in total. The van der Waals surface area contributed by atoms with Crippen LogP contribution < -0.4 is 5.32 Å². The minimum atomic E-state index is -1.11. The molecule has 2 aromatic rings. The fourth-order valence-electron chi connectivity index (χ4n) is 1.46. The van der Waals surface area contributed by atoms with Gasteiger partial charge in [0.1, 0.15) is 5.82 Å². The lowest BCUT2D eigenvalue weighted by Crippen LogP contribution is -2.06. The van der Waals surface area contributed by atoms with Crippen LogP contribution in [0.25, 0.3) is 0 Å². The van der Waals surface area contributed by atoms with Crippen LogP contribution in [0.3, 0.4) is 0 Å². The maximum absolute atomic E-state index is 10.6. The van der Waals surface area contributed by atoms with Crippen LogP contribution in [0.5, 0.6) is 0 Å². The number of aromatic carboxylic acids is 1. The van der Waals surface area contributed by atoms with E-state index in [0.717, 1.165) is 5.56 Å². The highest BCUT2D eigenvalue weighted by atomic mass is 16.4. The molecule has 0 unspecified atom stereocenters. The van der Waals surface area contributed by atoms with E-state index in [9.17, 15) is 4.79 Å². The van der Waals surface area contributed by atoms with Gasteiger partial charge in [0.15, 0.2) is 5.69 Å². The number of hydrogen-bond acceptors (Lipinski definition) is 6. The molecule has 0 aromatic carbocycles. The second kappa shape index (κ2) is 5.91. The number of carboxylic acid groups (broad SMARTS) is 1. The van der Waals surface area contributed by atoms with Gasteiger partial charge in [0.2, 0.25) is 0 Å². The number of nitrogens with one attached hydrogen (secondary N) is 1. The molecule has 3 N–H and O–H groups in total. The van der Waals surface area contributed by atoms with E-state index in [4.69, 9.17) is 10.2 Å². The average Bonchev–Trinajstić information content (AvgIpc) is 2.85. The van der Waals surface area contributed by atoms with Crippen LogP contribution in [-0.4, -0.2) is 42.8 Å². The Morgan fingerprint density at radius 2 is 2.21 bits per heavy atom. The summed E-state index contributed by atoms with van der Waals surface area (Å²) in [6, 6.07) is 2.93. The van der Waals surface area contributed by atoms with E-state index in [1.165, 1.54) is 6.07 Å². The topological polar surface area (TPSA) is 113 Å². The molecule has 0 radical (unpaired) electrons. The summed E-state index contributed by atoms with van der Waals surface area (Å²) >= 11 is 0. The summed E-state index contributed by atoms with van der Waals surface area (Å²) in [4.78, 5) is 10.6. The molecule has 0 aliphatic heterocycles. The molecule has 2 heterocycles. The summed E-state index contributed by atoms with van der Waals surface area (Å²) in [5, 5.41) is 31.8. The van der Waals surface area contributed by atoms with Crippen LogP contribution in [0, 0.1) is 0 Å². The Hall–Kier alpha value is -2.48. The SMILES string of the molecule is O=C(O)c1ccc(NCc2cnn(CCO)c2)nn1. The Morgan fingerprint density at radius 3 is 2.84 bits per heavy atom. The molecule has 2 rings (SSSR count). The van der Waals surface area contributed by atoms with E-state index >= 15 is 0 Å². The second-order valence-electron chi connectivity index (χ2n) is 3.80. The first kappa shape index (κ1) is 13.0. The van der Waals surface area contributed by atoms with Crippen molar-refractivity contribution >= 4 is 11.8 Å². The van der Waals surface area contributed by atoms with Crippen LogP contribution in [0.1, 0.15) is 16.1 Å². The molecule has 2 aromatic heterocycles. The lowest BCUT2D eigenvalue weighted by atomic mass is 10.3. The van der Waals surface area contributed by atoms with Crippen molar-refractivity contribution in [3.8, 4) is 0 Å².